The first kappa shape index (κ1) is 26.1. The third-order valence-electron chi connectivity index (χ3n) is 6.37. The van der Waals surface area contributed by atoms with Crippen molar-refractivity contribution in [2.24, 2.45) is 0 Å². The second-order valence-corrected chi connectivity index (χ2v) is 9.47. The van der Waals surface area contributed by atoms with Crippen LogP contribution in [0.4, 0.5) is 11.4 Å². The summed E-state index contributed by atoms with van der Waals surface area (Å²) in [5.41, 5.74) is 3.10. The average Bonchev–Trinajstić information content (AvgIpc) is 3.31. The monoisotopic (exact) mass is 503 g/mol. The van der Waals surface area contributed by atoms with Gasteiger partial charge in [0.2, 0.25) is 5.91 Å². The SMILES string of the molecule is COc1cc(N(C)C(C)=O)cc(C)c1OCCCC1CNCCN1c1cccc2sccc12.Cl. The van der Waals surface area contributed by atoms with Crippen LogP contribution < -0.4 is 24.6 Å². The Bertz CT molecular complexity index is 1120. The predicted octanol–water partition coefficient (Wildman–Crippen LogP) is 5.26. The molecular weight excluding hydrogens is 470 g/mol. The highest BCUT2D eigenvalue weighted by molar-refractivity contribution is 7.17. The fraction of sp³-hybridized carbons (Fsp3) is 0.423. The number of carbonyl (C=O) groups is 1. The molecule has 184 valence electrons. The highest BCUT2D eigenvalue weighted by atomic mass is 35.5. The molecule has 1 atom stereocenters. The lowest BCUT2D eigenvalue weighted by molar-refractivity contribution is -0.116. The van der Waals surface area contributed by atoms with Crippen LogP contribution in [0.2, 0.25) is 0 Å². The lowest BCUT2D eigenvalue weighted by Crippen LogP contribution is -2.51. The summed E-state index contributed by atoms with van der Waals surface area (Å²) in [5.74, 6) is 1.39. The molecule has 0 saturated carbocycles. The molecule has 1 aliphatic rings. The van der Waals surface area contributed by atoms with Gasteiger partial charge in [0.05, 0.1) is 13.7 Å². The molecule has 1 amide bonds. The number of hydrogen-bond donors (Lipinski definition) is 1. The largest absolute Gasteiger partial charge is 0.493 e. The van der Waals surface area contributed by atoms with E-state index >= 15 is 0 Å². The zero-order valence-electron chi connectivity index (χ0n) is 20.3. The number of nitrogens with one attached hydrogen (secondary N) is 1. The first-order valence-corrected chi connectivity index (χ1v) is 12.4. The summed E-state index contributed by atoms with van der Waals surface area (Å²) in [5, 5.41) is 7.08. The third-order valence-corrected chi connectivity index (χ3v) is 7.25. The topological polar surface area (TPSA) is 54.0 Å². The molecule has 1 unspecified atom stereocenters. The molecule has 6 nitrogen and oxygen atoms in total. The molecule has 0 bridgehead atoms. The number of carbonyl (C=O) groups excluding carboxylic acids is 1. The summed E-state index contributed by atoms with van der Waals surface area (Å²) in [6.07, 6.45) is 1.99. The minimum atomic E-state index is -0.0195. The van der Waals surface area contributed by atoms with Gasteiger partial charge in [-0.3, -0.25) is 4.79 Å². The Morgan fingerprint density at radius 1 is 1.29 bits per heavy atom. The molecule has 8 heteroatoms. The summed E-state index contributed by atoms with van der Waals surface area (Å²) >= 11 is 1.80. The van der Waals surface area contributed by atoms with E-state index in [1.165, 1.54) is 15.8 Å². The van der Waals surface area contributed by atoms with Gasteiger partial charge in [0.25, 0.3) is 0 Å². The molecule has 0 aliphatic carbocycles. The van der Waals surface area contributed by atoms with Gasteiger partial charge in [-0.2, -0.15) is 0 Å². The van der Waals surface area contributed by atoms with Crippen LogP contribution in [0.25, 0.3) is 10.1 Å². The molecule has 4 rings (SSSR count). The molecule has 1 aromatic heterocycles. The van der Waals surface area contributed by atoms with Crippen LogP contribution in [0.5, 0.6) is 11.5 Å². The second-order valence-electron chi connectivity index (χ2n) is 8.52. The maximum absolute atomic E-state index is 11.7. The van der Waals surface area contributed by atoms with Gasteiger partial charge < -0.3 is 24.6 Å². The maximum atomic E-state index is 11.7. The molecule has 1 fully saturated rings. The van der Waals surface area contributed by atoms with Crippen molar-refractivity contribution in [3.8, 4) is 11.5 Å². The lowest BCUT2D eigenvalue weighted by atomic mass is 10.1. The van der Waals surface area contributed by atoms with Crippen molar-refractivity contribution in [3.63, 3.8) is 0 Å². The van der Waals surface area contributed by atoms with Crippen LogP contribution in [0.3, 0.4) is 0 Å². The number of fused-ring (bicyclic) bond motifs is 1. The van der Waals surface area contributed by atoms with Crippen LogP contribution in [0.1, 0.15) is 25.3 Å². The number of amides is 1. The van der Waals surface area contributed by atoms with Crippen LogP contribution in [-0.4, -0.2) is 52.3 Å². The van der Waals surface area contributed by atoms with Crippen molar-refractivity contribution in [2.75, 3.05) is 50.2 Å². The summed E-state index contributed by atoms with van der Waals surface area (Å²) in [4.78, 5) is 15.9. The molecule has 2 aromatic carbocycles. The molecule has 3 aromatic rings. The van der Waals surface area contributed by atoms with Gasteiger partial charge in [0.1, 0.15) is 0 Å². The van der Waals surface area contributed by atoms with Gasteiger partial charge in [-0.1, -0.05) is 6.07 Å². The summed E-state index contributed by atoms with van der Waals surface area (Å²) in [6.45, 7) is 7.16. The Kier molecular flexibility index (Phi) is 9.05. The van der Waals surface area contributed by atoms with Gasteiger partial charge in [0.15, 0.2) is 11.5 Å². The Labute approximate surface area is 212 Å². The van der Waals surface area contributed by atoms with Crippen molar-refractivity contribution in [1.29, 1.82) is 0 Å². The fourth-order valence-corrected chi connectivity index (χ4v) is 5.30. The number of halogens is 1. The van der Waals surface area contributed by atoms with Gasteiger partial charge in [-0.15, -0.1) is 23.7 Å². The number of aryl methyl sites for hydroxylation is 1. The Morgan fingerprint density at radius 2 is 2.12 bits per heavy atom. The second kappa shape index (κ2) is 11.8. The van der Waals surface area contributed by atoms with Crippen LogP contribution in [0, 0.1) is 6.92 Å². The first-order valence-electron chi connectivity index (χ1n) is 11.5. The standard InChI is InChI=1S/C26H33N3O3S.ClH/c1-18-15-21(28(3)19(2)30)16-24(31-4)26(18)32-13-6-7-20-17-27-11-12-29(20)23-8-5-9-25-22(23)10-14-33-25;/h5,8-10,14-16,20,27H,6-7,11-13,17H2,1-4H3;1H. The Balaban J connectivity index is 0.00000324. The van der Waals surface area contributed by atoms with Crippen LogP contribution >= 0.6 is 23.7 Å². The van der Waals surface area contributed by atoms with E-state index in [0.29, 0.717) is 18.4 Å². The minimum Gasteiger partial charge on any atom is -0.493 e. The quantitative estimate of drug-likeness (QED) is 0.425. The third kappa shape index (κ3) is 5.59. The van der Waals surface area contributed by atoms with E-state index in [-0.39, 0.29) is 18.3 Å². The van der Waals surface area contributed by atoms with Crippen LogP contribution in [-0.2, 0) is 4.79 Å². The van der Waals surface area contributed by atoms with Gasteiger partial charge in [0, 0.05) is 67.2 Å². The number of ether oxygens (including phenoxy) is 2. The van der Waals surface area contributed by atoms with Crippen molar-refractivity contribution in [3.05, 3.63) is 47.3 Å². The number of thiophene rings is 1. The molecule has 1 aliphatic heterocycles. The molecule has 0 spiro atoms. The highest BCUT2D eigenvalue weighted by Crippen LogP contribution is 2.36. The van der Waals surface area contributed by atoms with E-state index in [2.05, 4.69) is 39.9 Å². The van der Waals surface area contributed by atoms with E-state index in [4.69, 9.17) is 9.47 Å². The number of nitrogens with zero attached hydrogens (tertiary/aromatic N) is 2. The summed E-state index contributed by atoms with van der Waals surface area (Å²) < 4.78 is 13.1. The number of methoxy groups -OCH3 is 1. The zero-order chi connectivity index (χ0) is 23.4. The van der Waals surface area contributed by atoms with E-state index in [1.807, 2.05) is 19.1 Å². The van der Waals surface area contributed by atoms with Gasteiger partial charge in [-0.05, 0) is 55.0 Å². The first-order chi connectivity index (χ1) is 16.0. The normalized spacial score (nSPS) is 15.6. The van der Waals surface area contributed by atoms with E-state index in [1.54, 1.807) is 37.3 Å². The van der Waals surface area contributed by atoms with Crippen LogP contribution in [0.15, 0.2) is 41.8 Å². The number of anilines is 2. The molecular formula is C26H34ClN3O3S. The average molecular weight is 504 g/mol. The van der Waals surface area contributed by atoms with E-state index in [0.717, 1.165) is 49.5 Å². The van der Waals surface area contributed by atoms with Gasteiger partial charge in [-0.25, -0.2) is 0 Å². The zero-order valence-corrected chi connectivity index (χ0v) is 21.9. The van der Waals surface area contributed by atoms with Crippen molar-refractivity contribution < 1.29 is 14.3 Å². The van der Waals surface area contributed by atoms with E-state index < -0.39 is 0 Å². The molecule has 34 heavy (non-hydrogen) atoms. The maximum Gasteiger partial charge on any atom is 0.223 e. The minimum absolute atomic E-state index is 0. The lowest BCUT2D eigenvalue weighted by Gasteiger charge is -2.38. The molecule has 2 heterocycles. The Morgan fingerprint density at radius 3 is 2.88 bits per heavy atom. The summed E-state index contributed by atoms with van der Waals surface area (Å²) in [7, 11) is 3.40. The predicted molar refractivity (Wildman–Crippen MR) is 145 cm³/mol. The number of piperazine rings is 1. The number of rotatable bonds is 8. The van der Waals surface area contributed by atoms with Crippen molar-refractivity contribution >= 4 is 51.1 Å². The number of benzene rings is 2. The fourth-order valence-electron chi connectivity index (χ4n) is 4.49. The van der Waals surface area contributed by atoms with Crippen molar-refractivity contribution in [1.82, 2.24) is 5.32 Å². The smallest absolute Gasteiger partial charge is 0.223 e. The Hall–Kier alpha value is -2.48. The summed E-state index contributed by atoms with van der Waals surface area (Å²) in [6, 6.07) is 13.1. The van der Waals surface area contributed by atoms with E-state index in [9.17, 15) is 4.79 Å². The molecule has 1 N–H and O–H groups in total. The molecule has 0 radical (unpaired) electrons. The van der Waals surface area contributed by atoms with Gasteiger partial charge >= 0.3 is 0 Å². The number of hydrogen-bond acceptors (Lipinski definition) is 6. The van der Waals surface area contributed by atoms with Crippen molar-refractivity contribution in [2.45, 2.75) is 32.7 Å². The highest BCUT2D eigenvalue weighted by Gasteiger charge is 2.24. The molecule has 1 saturated heterocycles.